The number of aromatic amines is 1. The van der Waals surface area contributed by atoms with E-state index in [9.17, 15) is 4.79 Å². The lowest BCUT2D eigenvalue weighted by Gasteiger charge is -2.26. The van der Waals surface area contributed by atoms with Crippen LogP contribution in [0.4, 0.5) is 5.69 Å². The van der Waals surface area contributed by atoms with Crippen molar-refractivity contribution in [3.05, 3.63) is 81.1 Å². The van der Waals surface area contributed by atoms with Gasteiger partial charge in [0, 0.05) is 41.3 Å². The molecule has 156 valence electrons. The van der Waals surface area contributed by atoms with Gasteiger partial charge in [-0.2, -0.15) is 4.98 Å². The van der Waals surface area contributed by atoms with Crippen LogP contribution in [0.1, 0.15) is 17.1 Å². The average molecular weight is 435 g/mol. The van der Waals surface area contributed by atoms with Crippen molar-refractivity contribution in [2.24, 2.45) is 0 Å². The van der Waals surface area contributed by atoms with Crippen LogP contribution in [0.5, 0.6) is 0 Å². The highest BCUT2D eigenvalue weighted by Gasteiger charge is 2.23. The summed E-state index contributed by atoms with van der Waals surface area (Å²) in [6.45, 7) is 1.67. The summed E-state index contributed by atoms with van der Waals surface area (Å²) in [6, 6.07) is 14.5. The molecule has 1 aliphatic rings. The van der Waals surface area contributed by atoms with Crippen molar-refractivity contribution in [1.29, 1.82) is 0 Å². The van der Waals surface area contributed by atoms with Crippen molar-refractivity contribution in [2.75, 3.05) is 12.3 Å². The molecule has 0 spiro atoms. The summed E-state index contributed by atoms with van der Waals surface area (Å²) in [4.78, 5) is 26.9. The maximum absolute atomic E-state index is 12.7. The molecule has 1 aliphatic heterocycles. The molecule has 9 heteroatoms. The lowest BCUT2D eigenvalue weighted by Crippen LogP contribution is -2.35. The topological polar surface area (TPSA) is 114 Å². The van der Waals surface area contributed by atoms with Crippen molar-refractivity contribution >= 4 is 17.3 Å². The van der Waals surface area contributed by atoms with Gasteiger partial charge in [-0.1, -0.05) is 16.8 Å². The van der Waals surface area contributed by atoms with E-state index in [1.807, 2.05) is 24.3 Å². The number of nitrogens with zero attached hydrogens (tertiary/aromatic N) is 4. The van der Waals surface area contributed by atoms with Gasteiger partial charge in [0.2, 0.25) is 11.7 Å². The van der Waals surface area contributed by atoms with Gasteiger partial charge >= 0.3 is 0 Å². The van der Waals surface area contributed by atoms with E-state index >= 15 is 0 Å². The van der Waals surface area contributed by atoms with Crippen LogP contribution in [0, 0.1) is 0 Å². The molecule has 0 atom stereocenters. The Hall–Kier alpha value is -3.49. The minimum absolute atomic E-state index is 0.131. The summed E-state index contributed by atoms with van der Waals surface area (Å²) in [5, 5.41) is 4.70. The minimum atomic E-state index is -0.131. The van der Waals surface area contributed by atoms with E-state index in [4.69, 9.17) is 21.9 Å². The third-order valence-corrected chi connectivity index (χ3v) is 5.51. The molecule has 0 unspecified atom stereocenters. The molecule has 4 aromatic rings. The SMILES string of the molecule is Nc1ccc(-c2nc3c(c(=O)[nH]2)CN(Cc2nc(-c4ccc(Cl)cc4)no2)CC3)cc1. The fraction of sp³-hybridized carbons (Fsp3) is 0.182. The number of benzene rings is 2. The number of nitrogens with one attached hydrogen (secondary N) is 1. The third-order valence-electron chi connectivity index (χ3n) is 5.26. The predicted molar refractivity (Wildman–Crippen MR) is 117 cm³/mol. The molecule has 0 aliphatic carbocycles. The number of aromatic nitrogens is 4. The first kappa shape index (κ1) is 19.5. The Morgan fingerprint density at radius 3 is 2.58 bits per heavy atom. The number of hydrogen-bond donors (Lipinski definition) is 2. The number of nitrogen functional groups attached to an aromatic ring is 1. The monoisotopic (exact) mass is 434 g/mol. The normalized spacial score (nSPS) is 13.8. The zero-order valence-electron chi connectivity index (χ0n) is 16.5. The fourth-order valence-corrected chi connectivity index (χ4v) is 3.75. The molecule has 0 radical (unpaired) electrons. The zero-order valence-corrected chi connectivity index (χ0v) is 17.3. The maximum Gasteiger partial charge on any atom is 0.255 e. The van der Waals surface area contributed by atoms with E-state index in [2.05, 4.69) is 25.0 Å². The van der Waals surface area contributed by atoms with Gasteiger partial charge in [0.15, 0.2) is 0 Å². The molecule has 0 saturated carbocycles. The first-order chi connectivity index (χ1) is 15.0. The van der Waals surface area contributed by atoms with Crippen LogP contribution in [0.25, 0.3) is 22.8 Å². The molecule has 2 aromatic heterocycles. The molecule has 3 N–H and O–H groups in total. The Labute approximate surface area is 182 Å². The van der Waals surface area contributed by atoms with Gasteiger partial charge in [-0.05, 0) is 48.5 Å². The van der Waals surface area contributed by atoms with E-state index in [1.54, 1.807) is 24.3 Å². The Kier molecular flexibility index (Phi) is 5.01. The van der Waals surface area contributed by atoms with Crippen molar-refractivity contribution in [3.8, 4) is 22.8 Å². The largest absolute Gasteiger partial charge is 0.399 e. The number of H-pyrrole nitrogens is 1. The molecule has 3 heterocycles. The Morgan fingerprint density at radius 1 is 1.06 bits per heavy atom. The van der Waals surface area contributed by atoms with E-state index in [-0.39, 0.29) is 5.56 Å². The van der Waals surface area contributed by atoms with Gasteiger partial charge in [-0.3, -0.25) is 9.69 Å². The molecule has 0 fully saturated rings. The smallest absolute Gasteiger partial charge is 0.255 e. The number of hydrogen-bond acceptors (Lipinski definition) is 7. The Morgan fingerprint density at radius 2 is 1.81 bits per heavy atom. The maximum atomic E-state index is 12.7. The molecule has 31 heavy (non-hydrogen) atoms. The van der Waals surface area contributed by atoms with Crippen LogP contribution in [0.15, 0.2) is 57.8 Å². The molecular weight excluding hydrogens is 416 g/mol. The van der Waals surface area contributed by atoms with Gasteiger partial charge in [0.25, 0.3) is 5.56 Å². The number of nitrogens with two attached hydrogens (primary N) is 1. The van der Waals surface area contributed by atoms with Gasteiger partial charge in [0.05, 0.1) is 17.8 Å². The van der Waals surface area contributed by atoms with Crippen LogP contribution in [-0.2, 0) is 19.5 Å². The van der Waals surface area contributed by atoms with Crippen LogP contribution < -0.4 is 11.3 Å². The summed E-state index contributed by atoms with van der Waals surface area (Å²) in [6.07, 6.45) is 0.666. The summed E-state index contributed by atoms with van der Waals surface area (Å²) < 4.78 is 5.41. The second kappa shape index (κ2) is 7.98. The quantitative estimate of drug-likeness (QED) is 0.473. The molecule has 5 rings (SSSR count). The first-order valence-electron chi connectivity index (χ1n) is 9.84. The first-order valence-corrected chi connectivity index (χ1v) is 10.2. The summed E-state index contributed by atoms with van der Waals surface area (Å²) >= 11 is 5.93. The van der Waals surface area contributed by atoms with Gasteiger partial charge in [-0.25, -0.2) is 4.98 Å². The second-order valence-corrected chi connectivity index (χ2v) is 7.88. The molecule has 0 saturated heterocycles. The second-order valence-electron chi connectivity index (χ2n) is 7.44. The van der Waals surface area contributed by atoms with Crippen molar-refractivity contribution in [2.45, 2.75) is 19.5 Å². The highest BCUT2D eigenvalue weighted by molar-refractivity contribution is 6.30. The molecular formula is C22H19ClN6O2. The van der Waals surface area contributed by atoms with Gasteiger partial charge < -0.3 is 15.2 Å². The summed E-state index contributed by atoms with van der Waals surface area (Å²) in [7, 11) is 0. The van der Waals surface area contributed by atoms with E-state index < -0.39 is 0 Å². The number of rotatable bonds is 4. The van der Waals surface area contributed by atoms with E-state index in [0.29, 0.717) is 53.3 Å². The van der Waals surface area contributed by atoms with Crippen molar-refractivity contribution in [1.82, 2.24) is 25.0 Å². The zero-order chi connectivity index (χ0) is 21.4. The summed E-state index contributed by atoms with van der Waals surface area (Å²) in [5.74, 6) is 1.56. The fourth-order valence-electron chi connectivity index (χ4n) is 3.62. The van der Waals surface area contributed by atoms with E-state index in [0.717, 1.165) is 23.4 Å². The molecule has 0 amide bonds. The van der Waals surface area contributed by atoms with Crippen LogP contribution in [0.2, 0.25) is 5.02 Å². The molecule has 0 bridgehead atoms. The number of halogens is 1. The standard InChI is InChI=1S/C22H19ClN6O2/c23-15-5-1-14(2-6-15)21-26-19(31-28-21)12-29-10-9-18-17(11-29)22(30)27-20(25-18)13-3-7-16(24)8-4-13/h1-8H,9-12,24H2,(H,25,27,30). The van der Waals surface area contributed by atoms with Crippen molar-refractivity contribution < 1.29 is 4.52 Å². The van der Waals surface area contributed by atoms with E-state index in [1.165, 1.54) is 0 Å². The lowest BCUT2D eigenvalue weighted by molar-refractivity contribution is 0.208. The van der Waals surface area contributed by atoms with Crippen LogP contribution in [-0.4, -0.2) is 31.6 Å². The number of fused-ring (bicyclic) bond motifs is 1. The highest BCUT2D eigenvalue weighted by Crippen LogP contribution is 2.22. The number of anilines is 1. The lowest BCUT2D eigenvalue weighted by atomic mass is 10.1. The Balaban J connectivity index is 1.32. The predicted octanol–water partition coefficient (Wildman–Crippen LogP) is 3.28. The van der Waals surface area contributed by atoms with Gasteiger partial charge in [0.1, 0.15) is 5.82 Å². The summed E-state index contributed by atoms with van der Waals surface area (Å²) in [5.41, 5.74) is 9.43. The minimum Gasteiger partial charge on any atom is -0.399 e. The van der Waals surface area contributed by atoms with Crippen LogP contribution in [0.3, 0.4) is 0 Å². The average Bonchev–Trinajstić information content (AvgIpc) is 3.23. The van der Waals surface area contributed by atoms with Crippen molar-refractivity contribution in [3.63, 3.8) is 0 Å². The highest BCUT2D eigenvalue weighted by atomic mass is 35.5. The third kappa shape index (κ3) is 4.08. The van der Waals surface area contributed by atoms with Crippen LogP contribution >= 0.6 is 11.6 Å². The molecule has 8 nitrogen and oxygen atoms in total. The van der Waals surface area contributed by atoms with Gasteiger partial charge in [-0.15, -0.1) is 0 Å². The Bertz CT molecular complexity index is 1280. The molecule has 2 aromatic carbocycles.